The summed E-state index contributed by atoms with van der Waals surface area (Å²) in [4.78, 5) is 30.7. The van der Waals surface area contributed by atoms with E-state index in [-0.39, 0.29) is 28.7 Å². The highest BCUT2D eigenvalue weighted by molar-refractivity contribution is 6.33. The fourth-order valence-electron chi connectivity index (χ4n) is 4.59. The molecule has 0 bridgehead atoms. The number of nitrogens with zero attached hydrogens (tertiary/aromatic N) is 3. The van der Waals surface area contributed by atoms with E-state index in [9.17, 15) is 14.0 Å². The van der Waals surface area contributed by atoms with E-state index in [0.717, 1.165) is 27.9 Å². The maximum Gasteiger partial charge on any atom is 0.337 e. The van der Waals surface area contributed by atoms with E-state index < -0.39 is 5.97 Å². The van der Waals surface area contributed by atoms with Gasteiger partial charge in [0.1, 0.15) is 11.5 Å². The van der Waals surface area contributed by atoms with Crippen molar-refractivity contribution < 1.29 is 19.1 Å². The first-order chi connectivity index (χ1) is 16.4. The second kappa shape index (κ2) is 8.91. The zero-order valence-electron chi connectivity index (χ0n) is 18.2. The van der Waals surface area contributed by atoms with Gasteiger partial charge in [0.05, 0.1) is 23.6 Å². The molecule has 0 unspecified atom stereocenters. The molecule has 0 saturated heterocycles. The van der Waals surface area contributed by atoms with Gasteiger partial charge >= 0.3 is 5.97 Å². The Hall–Kier alpha value is -3.71. The van der Waals surface area contributed by atoms with Crippen LogP contribution in [0, 0.1) is 5.82 Å². The minimum atomic E-state index is -1.11. The van der Waals surface area contributed by atoms with Crippen molar-refractivity contribution >= 4 is 34.5 Å². The summed E-state index contributed by atoms with van der Waals surface area (Å²) in [5.41, 5.74) is 4.47. The molecular formula is C26H21ClFN3O3. The molecule has 4 aromatic rings. The van der Waals surface area contributed by atoms with Crippen LogP contribution in [0.5, 0.6) is 0 Å². The number of rotatable bonds is 5. The Morgan fingerprint density at radius 1 is 1.09 bits per heavy atom. The van der Waals surface area contributed by atoms with Crippen molar-refractivity contribution in [1.82, 2.24) is 14.5 Å². The van der Waals surface area contributed by atoms with Gasteiger partial charge in [-0.15, -0.1) is 0 Å². The molecule has 172 valence electrons. The number of amides is 1. The molecule has 2 aromatic carbocycles. The van der Waals surface area contributed by atoms with Crippen LogP contribution < -0.4 is 0 Å². The summed E-state index contributed by atoms with van der Waals surface area (Å²) < 4.78 is 15.9. The highest BCUT2D eigenvalue weighted by Gasteiger charge is 2.27. The van der Waals surface area contributed by atoms with Crippen LogP contribution in [-0.2, 0) is 30.7 Å². The number of halogens is 2. The average Bonchev–Trinajstić information content (AvgIpc) is 3.12. The molecular weight excluding hydrogens is 457 g/mol. The number of carboxylic acid groups (broad SMARTS) is 1. The normalized spacial score (nSPS) is 13.2. The van der Waals surface area contributed by atoms with E-state index in [4.69, 9.17) is 16.7 Å². The molecule has 0 atom stereocenters. The minimum Gasteiger partial charge on any atom is -0.478 e. The Morgan fingerprint density at radius 3 is 2.71 bits per heavy atom. The Bertz CT molecular complexity index is 1430. The van der Waals surface area contributed by atoms with Crippen molar-refractivity contribution in [3.05, 3.63) is 99.6 Å². The smallest absolute Gasteiger partial charge is 0.337 e. The Balaban J connectivity index is 1.43. The molecule has 2 aromatic heterocycles. The molecule has 0 saturated carbocycles. The first-order valence-electron chi connectivity index (χ1n) is 10.9. The standard InChI is InChI=1S/C26H21ClFN3O3/c27-22-12-16(6-7-21(22)26(33)34)13-24(32)30-10-8-19-20-5-2-9-29-25(20)31(23(19)15-30)14-17-3-1-4-18(28)11-17/h1-7,9,11-12H,8,10,13-15H2,(H,33,34). The molecule has 3 heterocycles. The summed E-state index contributed by atoms with van der Waals surface area (Å²) in [7, 11) is 0. The number of carbonyl (C=O) groups is 2. The predicted octanol–water partition coefficient (Wildman–Crippen LogP) is 4.70. The zero-order valence-corrected chi connectivity index (χ0v) is 18.9. The minimum absolute atomic E-state index is 0.00912. The zero-order chi connectivity index (χ0) is 23.8. The lowest BCUT2D eigenvalue weighted by Crippen LogP contribution is -2.37. The van der Waals surface area contributed by atoms with Crippen LogP contribution in [-0.4, -0.2) is 38.0 Å². The number of pyridine rings is 1. The second-order valence-corrected chi connectivity index (χ2v) is 8.78. The van der Waals surface area contributed by atoms with Gasteiger partial charge in [-0.1, -0.05) is 29.8 Å². The highest BCUT2D eigenvalue weighted by Crippen LogP contribution is 2.31. The number of fused-ring (bicyclic) bond motifs is 3. The number of aromatic carboxylic acids is 1. The summed E-state index contributed by atoms with van der Waals surface area (Å²) in [6.45, 7) is 1.44. The van der Waals surface area contributed by atoms with Gasteiger partial charge in [-0.3, -0.25) is 4.79 Å². The lowest BCUT2D eigenvalue weighted by atomic mass is 10.0. The highest BCUT2D eigenvalue weighted by atomic mass is 35.5. The van der Waals surface area contributed by atoms with Gasteiger partial charge in [-0.25, -0.2) is 14.2 Å². The summed E-state index contributed by atoms with van der Waals surface area (Å²) in [5, 5.41) is 10.3. The SMILES string of the molecule is O=C(O)c1ccc(CC(=O)N2CCc3c(n(Cc4cccc(F)c4)c4ncccc34)C2)cc1Cl. The van der Waals surface area contributed by atoms with E-state index in [2.05, 4.69) is 9.55 Å². The van der Waals surface area contributed by atoms with E-state index in [1.807, 2.05) is 18.2 Å². The molecule has 1 amide bonds. The number of carbonyl (C=O) groups excluding carboxylic acids is 1. The molecule has 1 N–H and O–H groups in total. The van der Waals surface area contributed by atoms with Crippen LogP contribution in [0.2, 0.25) is 5.02 Å². The number of hydrogen-bond acceptors (Lipinski definition) is 3. The summed E-state index contributed by atoms with van der Waals surface area (Å²) in [6, 6.07) is 15.0. The predicted molar refractivity (Wildman–Crippen MR) is 126 cm³/mol. The third-order valence-corrected chi connectivity index (χ3v) is 6.53. The van der Waals surface area contributed by atoms with Gasteiger partial charge in [-0.2, -0.15) is 0 Å². The third kappa shape index (κ3) is 4.15. The van der Waals surface area contributed by atoms with Crippen LogP contribution >= 0.6 is 11.6 Å². The molecule has 6 nitrogen and oxygen atoms in total. The van der Waals surface area contributed by atoms with Gasteiger partial charge in [0, 0.05) is 30.4 Å². The maximum atomic E-state index is 13.8. The Morgan fingerprint density at radius 2 is 1.94 bits per heavy atom. The first kappa shape index (κ1) is 22.1. The van der Waals surface area contributed by atoms with Crippen LogP contribution in [0.1, 0.15) is 32.7 Å². The van der Waals surface area contributed by atoms with Crippen molar-refractivity contribution in [3.8, 4) is 0 Å². The Kier molecular flexibility index (Phi) is 5.79. The topological polar surface area (TPSA) is 75.4 Å². The van der Waals surface area contributed by atoms with Crippen LogP contribution in [0.4, 0.5) is 4.39 Å². The molecule has 0 spiro atoms. The fourth-order valence-corrected chi connectivity index (χ4v) is 4.87. The maximum absolute atomic E-state index is 13.8. The van der Waals surface area contributed by atoms with Gasteiger partial charge < -0.3 is 14.6 Å². The lowest BCUT2D eigenvalue weighted by Gasteiger charge is -2.29. The van der Waals surface area contributed by atoms with Crippen molar-refractivity contribution in [2.24, 2.45) is 0 Å². The lowest BCUT2D eigenvalue weighted by molar-refractivity contribution is -0.131. The molecule has 0 aliphatic carbocycles. The molecule has 0 radical (unpaired) electrons. The first-order valence-corrected chi connectivity index (χ1v) is 11.3. The number of hydrogen-bond donors (Lipinski definition) is 1. The second-order valence-electron chi connectivity index (χ2n) is 8.38. The Labute approximate surface area is 200 Å². The van der Waals surface area contributed by atoms with E-state index in [1.54, 1.807) is 23.2 Å². The molecule has 0 fully saturated rings. The third-order valence-electron chi connectivity index (χ3n) is 6.22. The van der Waals surface area contributed by atoms with Gasteiger partial charge in [0.15, 0.2) is 0 Å². The monoisotopic (exact) mass is 477 g/mol. The number of benzene rings is 2. The van der Waals surface area contributed by atoms with Crippen LogP contribution in [0.15, 0.2) is 60.8 Å². The summed E-state index contributed by atoms with van der Waals surface area (Å²) in [6.07, 6.45) is 2.55. The van der Waals surface area contributed by atoms with Crippen molar-refractivity contribution in [3.63, 3.8) is 0 Å². The van der Waals surface area contributed by atoms with Gasteiger partial charge in [0.25, 0.3) is 0 Å². The number of carboxylic acids is 1. The van der Waals surface area contributed by atoms with E-state index in [1.165, 1.54) is 24.3 Å². The largest absolute Gasteiger partial charge is 0.478 e. The molecule has 1 aliphatic heterocycles. The van der Waals surface area contributed by atoms with E-state index >= 15 is 0 Å². The van der Waals surface area contributed by atoms with Crippen LogP contribution in [0.25, 0.3) is 11.0 Å². The summed E-state index contributed by atoms with van der Waals surface area (Å²) in [5.74, 6) is -1.47. The van der Waals surface area contributed by atoms with Gasteiger partial charge in [-0.05, 0) is 59.5 Å². The van der Waals surface area contributed by atoms with Crippen molar-refractivity contribution in [2.45, 2.75) is 25.9 Å². The van der Waals surface area contributed by atoms with Gasteiger partial charge in [0.2, 0.25) is 5.91 Å². The molecule has 8 heteroatoms. The van der Waals surface area contributed by atoms with E-state index in [0.29, 0.717) is 31.6 Å². The molecule has 5 rings (SSSR count). The summed E-state index contributed by atoms with van der Waals surface area (Å²) >= 11 is 6.07. The quantitative estimate of drug-likeness (QED) is 0.452. The average molecular weight is 478 g/mol. The molecule has 34 heavy (non-hydrogen) atoms. The van der Waals surface area contributed by atoms with Crippen molar-refractivity contribution in [2.75, 3.05) is 6.54 Å². The molecule has 1 aliphatic rings. The van der Waals surface area contributed by atoms with Crippen molar-refractivity contribution in [1.29, 1.82) is 0 Å². The fraction of sp³-hybridized carbons (Fsp3) is 0.192. The number of aromatic nitrogens is 2. The van der Waals surface area contributed by atoms with Crippen LogP contribution in [0.3, 0.4) is 0 Å².